The van der Waals surface area contributed by atoms with Crippen molar-refractivity contribution in [3.05, 3.63) is 98.2 Å². The zero-order valence-corrected chi connectivity index (χ0v) is 16.7. The van der Waals surface area contributed by atoms with E-state index in [1.54, 1.807) is 48.5 Å². The molecule has 3 nitrogen and oxygen atoms in total. The van der Waals surface area contributed by atoms with E-state index in [-0.39, 0.29) is 11.5 Å². The third-order valence-electron chi connectivity index (χ3n) is 4.20. The summed E-state index contributed by atoms with van der Waals surface area (Å²) in [6, 6.07) is 17.8. The maximum absolute atomic E-state index is 12.6. The van der Waals surface area contributed by atoms with Gasteiger partial charge in [0.25, 0.3) is 0 Å². The highest BCUT2D eigenvalue weighted by atomic mass is 35.5. The van der Waals surface area contributed by atoms with E-state index < -0.39 is 0 Å². The quantitative estimate of drug-likeness (QED) is 0.424. The molecule has 0 saturated heterocycles. The Morgan fingerprint density at radius 1 is 0.964 bits per heavy atom. The Labute approximate surface area is 177 Å². The van der Waals surface area contributed by atoms with Crippen LogP contribution in [-0.4, -0.2) is 5.78 Å². The van der Waals surface area contributed by atoms with Gasteiger partial charge in [-0.2, -0.15) is 0 Å². The fourth-order valence-corrected chi connectivity index (χ4v) is 3.40. The molecule has 3 aromatic carbocycles. The zero-order valence-electron chi connectivity index (χ0n) is 14.4. The van der Waals surface area contributed by atoms with E-state index in [9.17, 15) is 4.79 Å². The van der Waals surface area contributed by atoms with Crippen molar-refractivity contribution >= 4 is 46.7 Å². The lowest BCUT2D eigenvalue weighted by Crippen LogP contribution is -1.98. The van der Waals surface area contributed by atoms with E-state index in [1.807, 2.05) is 18.2 Å². The molecule has 6 heteroatoms. The number of Topliss-reactive ketones (excluding diaryl/α,β-unsaturated/α-hetero) is 1. The first-order valence-electron chi connectivity index (χ1n) is 8.41. The molecule has 0 saturated carbocycles. The number of carbonyl (C=O) groups excluding carboxylic acids is 1. The number of hydrogen-bond acceptors (Lipinski definition) is 3. The normalized spacial score (nSPS) is 14.1. The Morgan fingerprint density at radius 3 is 2.61 bits per heavy atom. The van der Waals surface area contributed by atoms with E-state index in [1.165, 1.54) is 0 Å². The fourth-order valence-electron chi connectivity index (χ4n) is 2.82. The van der Waals surface area contributed by atoms with Gasteiger partial charge in [0.15, 0.2) is 5.76 Å². The summed E-state index contributed by atoms with van der Waals surface area (Å²) in [6.07, 6.45) is 1.59. The van der Waals surface area contributed by atoms with Gasteiger partial charge in [0.2, 0.25) is 5.78 Å². The number of carbonyl (C=O) groups is 1. The minimum absolute atomic E-state index is 0.186. The molecule has 0 bridgehead atoms. The summed E-state index contributed by atoms with van der Waals surface area (Å²) >= 11 is 18.2. The predicted octanol–water partition coefficient (Wildman–Crippen LogP) is 6.84. The molecule has 1 heterocycles. The molecule has 28 heavy (non-hydrogen) atoms. The van der Waals surface area contributed by atoms with Crippen LogP contribution in [0.4, 0.5) is 0 Å². The first kappa shape index (κ1) is 18.9. The van der Waals surface area contributed by atoms with Crippen molar-refractivity contribution in [1.82, 2.24) is 0 Å². The molecule has 0 aromatic heterocycles. The number of ether oxygens (including phenoxy) is 2. The Balaban J connectivity index is 1.54. The lowest BCUT2D eigenvalue weighted by molar-refractivity contribution is 0.101. The fraction of sp³-hybridized carbons (Fsp3) is 0.0455. The summed E-state index contributed by atoms with van der Waals surface area (Å²) in [6.45, 7) is 0.355. The van der Waals surface area contributed by atoms with Crippen LogP contribution >= 0.6 is 34.8 Å². The molecule has 4 rings (SSSR count). The zero-order chi connectivity index (χ0) is 19.7. The third kappa shape index (κ3) is 3.88. The SMILES string of the molecule is O=C1/C(=C/c2cccc(Cl)c2Cl)Oc2cc(OCc3cccc(Cl)c3)ccc21. The Hall–Kier alpha value is -2.46. The van der Waals surface area contributed by atoms with Crippen molar-refractivity contribution < 1.29 is 14.3 Å². The van der Waals surface area contributed by atoms with Crippen molar-refractivity contribution in [2.75, 3.05) is 0 Å². The van der Waals surface area contributed by atoms with E-state index >= 15 is 0 Å². The minimum Gasteiger partial charge on any atom is -0.489 e. The van der Waals surface area contributed by atoms with E-state index in [4.69, 9.17) is 44.3 Å². The van der Waals surface area contributed by atoms with Crippen LogP contribution in [0.25, 0.3) is 6.08 Å². The largest absolute Gasteiger partial charge is 0.489 e. The van der Waals surface area contributed by atoms with Gasteiger partial charge in [-0.3, -0.25) is 4.79 Å². The van der Waals surface area contributed by atoms with E-state index in [2.05, 4.69) is 0 Å². The number of fused-ring (bicyclic) bond motifs is 1. The van der Waals surface area contributed by atoms with Gasteiger partial charge in [-0.05, 0) is 47.5 Å². The van der Waals surface area contributed by atoms with Crippen LogP contribution in [0.15, 0.2) is 66.4 Å². The number of hydrogen-bond donors (Lipinski definition) is 0. The predicted molar refractivity (Wildman–Crippen MR) is 112 cm³/mol. The molecule has 1 aliphatic heterocycles. The highest BCUT2D eigenvalue weighted by Crippen LogP contribution is 2.36. The highest BCUT2D eigenvalue weighted by Gasteiger charge is 2.28. The van der Waals surface area contributed by atoms with Crippen LogP contribution in [0.5, 0.6) is 11.5 Å². The summed E-state index contributed by atoms with van der Waals surface area (Å²) in [7, 11) is 0. The van der Waals surface area contributed by atoms with Crippen molar-refractivity contribution in [1.29, 1.82) is 0 Å². The average Bonchev–Trinajstić information content (AvgIpc) is 2.99. The molecule has 3 aromatic rings. The summed E-state index contributed by atoms with van der Waals surface area (Å²) in [5, 5.41) is 1.43. The summed E-state index contributed by atoms with van der Waals surface area (Å²) in [5.41, 5.74) is 2.03. The van der Waals surface area contributed by atoms with Gasteiger partial charge in [-0.1, -0.05) is 59.1 Å². The van der Waals surface area contributed by atoms with Gasteiger partial charge in [0, 0.05) is 11.1 Å². The first-order valence-corrected chi connectivity index (χ1v) is 9.54. The second-order valence-corrected chi connectivity index (χ2v) is 7.38. The van der Waals surface area contributed by atoms with Crippen molar-refractivity contribution in [2.45, 2.75) is 6.61 Å². The molecule has 0 amide bonds. The number of benzene rings is 3. The molecule has 0 fully saturated rings. The molecule has 1 aliphatic rings. The average molecular weight is 432 g/mol. The second-order valence-electron chi connectivity index (χ2n) is 6.16. The Bertz CT molecular complexity index is 1110. The first-order chi connectivity index (χ1) is 13.5. The molecule has 0 spiro atoms. The molecular weight excluding hydrogens is 419 g/mol. The smallest absolute Gasteiger partial charge is 0.231 e. The number of ketones is 1. The highest BCUT2D eigenvalue weighted by molar-refractivity contribution is 6.43. The molecule has 0 atom stereocenters. The van der Waals surface area contributed by atoms with Crippen LogP contribution in [0.3, 0.4) is 0 Å². The molecule has 0 N–H and O–H groups in total. The summed E-state index contributed by atoms with van der Waals surface area (Å²) < 4.78 is 11.5. The van der Waals surface area contributed by atoms with Crippen LogP contribution in [0.1, 0.15) is 21.5 Å². The Kier molecular flexibility index (Phi) is 5.31. The lowest BCUT2D eigenvalue weighted by atomic mass is 10.1. The van der Waals surface area contributed by atoms with Crippen molar-refractivity contribution in [2.24, 2.45) is 0 Å². The van der Waals surface area contributed by atoms with Gasteiger partial charge in [0.05, 0.1) is 15.6 Å². The minimum atomic E-state index is -0.215. The van der Waals surface area contributed by atoms with Crippen molar-refractivity contribution in [3.8, 4) is 11.5 Å². The molecule has 0 radical (unpaired) electrons. The van der Waals surface area contributed by atoms with Gasteiger partial charge in [-0.25, -0.2) is 0 Å². The summed E-state index contributed by atoms with van der Waals surface area (Å²) in [4.78, 5) is 12.6. The molecule has 140 valence electrons. The standard InChI is InChI=1S/C22H13Cl3O3/c23-15-5-1-3-13(9-15)12-27-16-7-8-17-19(11-16)28-20(22(17)26)10-14-4-2-6-18(24)21(14)25/h1-11H,12H2/b20-10-. The van der Waals surface area contributed by atoms with Crippen molar-refractivity contribution in [3.63, 3.8) is 0 Å². The molecule has 0 aliphatic carbocycles. The van der Waals surface area contributed by atoms with Crippen LogP contribution in [0.2, 0.25) is 15.1 Å². The third-order valence-corrected chi connectivity index (χ3v) is 5.27. The topological polar surface area (TPSA) is 35.5 Å². The molecular formula is C22H13Cl3O3. The van der Waals surface area contributed by atoms with Crippen LogP contribution in [-0.2, 0) is 6.61 Å². The monoisotopic (exact) mass is 430 g/mol. The number of rotatable bonds is 4. The van der Waals surface area contributed by atoms with Gasteiger partial charge >= 0.3 is 0 Å². The second kappa shape index (κ2) is 7.88. The van der Waals surface area contributed by atoms with Crippen LogP contribution < -0.4 is 9.47 Å². The van der Waals surface area contributed by atoms with E-state index in [0.717, 1.165) is 5.56 Å². The maximum atomic E-state index is 12.6. The number of halogens is 3. The maximum Gasteiger partial charge on any atom is 0.231 e. The lowest BCUT2D eigenvalue weighted by Gasteiger charge is -2.07. The Morgan fingerprint density at radius 2 is 1.79 bits per heavy atom. The number of allylic oxidation sites excluding steroid dienone is 1. The summed E-state index contributed by atoms with van der Waals surface area (Å²) in [5.74, 6) is 1.00. The van der Waals surface area contributed by atoms with Gasteiger partial charge < -0.3 is 9.47 Å². The van der Waals surface area contributed by atoms with Gasteiger partial charge in [-0.15, -0.1) is 0 Å². The molecule has 0 unspecified atom stereocenters. The van der Waals surface area contributed by atoms with Crippen LogP contribution in [0, 0.1) is 0 Å². The van der Waals surface area contributed by atoms with E-state index in [0.29, 0.717) is 44.3 Å². The van der Waals surface area contributed by atoms with Gasteiger partial charge in [0.1, 0.15) is 18.1 Å².